The summed E-state index contributed by atoms with van der Waals surface area (Å²) in [5, 5.41) is 12.1. The Labute approximate surface area is 164 Å². The molecule has 0 unspecified atom stereocenters. The molecule has 2 aliphatic heterocycles. The Morgan fingerprint density at radius 2 is 2.11 bits per heavy atom. The molecule has 2 aliphatic rings. The zero-order chi connectivity index (χ0) is 19.2. The van der Waals surface area contributed by atoms with Crippen molar-refractivity contribution in [2.45, 2.75) is 44.8 Å². The van der Waals surface area contributed by atoms with Gasteiger partial charge in [0.25, 0.3) is 0 Å². The molecule has 4 heterocycles. The van der Waals surface area contributed by atoms with E-state index in [0.717, 1.165) is 70.2 Å². The van der Waals surface area contributed by atoms with Crippen LogP contribution in [0.3, 0.4) is 0 Å². The van der Waals surface area contributed by atoms with Gasteiger partial charge in [-0.2, -0.15) is 0 Å². The number of carbonyl (C=O) groups is 1. The average Bonchev–Trinajstić information content (AvgIpc) is 3.39. The van der Waals surface area contributed by atoms with E-state index in [4.69, 9.17) is 4.74 Å². The Bertz CT molecular complexity index is 761. The van der Waals surface area contributed by atoms with E-state index in [0.29, 0.717) is 13.0 Å². The standard InChI is InChI=1S/C19H27N7O2/c27-19(25-9-3-6-17(25)16-5-1-2-8-20-16)7-4-10-26-18(21-22-23-26)15-24-11-13-28-14-12-24/h1-2,5,8,17H,3-4,6-7,9-15H2/t17-/m1/s1. The number of carbonyl (C=O) groups excluding carboxylic acids is 1. The molecule has 0 aromatic carbocycles. The van der Waals surface area contributed by atoms with E-state index < -0.39 is 0 Å². The molecule has 0 bridgehead atoms. The van der Waals surface area contributed by atoms with Crippen LogP contribution in [0.5, 0.6) is 0 Å². The highest BCUT2D eigenvalue weighted by atomic mass is 16.5. The lowest BCUT2D eigenvalue weighted by atomic mass is 10.1. The number of ether oxygens (including phenoxy) is 1. The fraction of sp³-hybridized carbons (Fsp3) is 0.632. The number of morpholine rings is 1. The fourth-order valence-electron chi connectivity index (χ4n) is 3.94. The fourth-order valence-corrected chi connectivity index (χ4v) is 3.94. The maximum absolute atomic E-state index is 12.8. The monoisotopic (exact) mass is 385 g/mol. The molecule has 150 valence electrons. The predicted octanol–water partition coefficient (Wildman–Crippen LogP) is 1.04. The molecule has 0 N–H and O–H groups in total. The van der Waals surface area contributed by atoms with Crippen molar-refractivity contribution >= 4 is 5.91 Å². The lowest BCUT2D eigenvalue weighted by Gasteiger charge is -2.26. The van der Waals surface area contributed by atoms with Crippen LogP contribution in [0.1, 0.15) is 43.2 Å². The first-order chi connectivity index (χ1) is 13.8. The van der Waals surface area contributed by atoms with Crippen molar-refractivity contribution in [1.29, 1.82) is 0 Å². The zero-order valence-electron chi connectivity index (χ0n) is 16.1. The van der Waals surface area contributed by atoms with E-state index in [1.165, 1.54) is 0 Å². The molecule has 2 aromatic heterocycles. The molecule has 2 aromatic rings. The van der Waals surface area contributed by atoms with Gasteiger partial charge in [0.2, 0.25) is 5.91 Å². The van der Waals surface area contributed by atoms with Crippen LogP contribution in [0.4, 0.5) is 0 Å². The molecule has 1 amide bonds. The van der Waals surface area contributed by atoms with Crippen LogP contribution in [-0.4, -0.2) is 73.7 Å². The van der Waals surface area contributed by atoms with Gasteiger partial charge >= 0.3 is 0 Å². The number of nitrogens with zero attached hydrogens (tertiary/aromatic N) is 7. The van der Waals surface area contributed by atoms with E-state index in [1.807, 2.05) is 27.8 Å². The number of aryl methyl sites for hydroxylation is 1. The molecule has 28 heavy (non-hydrogen) atoms. The topological polar surface area (TPSA) is 89.3 Å². The summed E-state index contributed by atoms with van der Waals surface area (Å²) in [7, 11) is 0. The number of tetrazole rings is 1. The summed E-state index contributed by atoms with van der Waals surface area (Å²) in [4.78, 5) is 21.5. The van der Waals surface area contributed by atoms with Gasteiger partial charge in [-0.3, -0.25) is 14.7 Å². The summed E-state index contributed by atoms with van der Waals surface area (Å²) < 4.78 is 7.21. The molecule has 0 spiro atoms. The van der Waals surface area contributed by atoms with Crippen LogP contribution >= 0.6 is 0 Å². The van der Waals surface area contributed by atoms with Crippen molar-refractivity contribution in [3.63, 3.8) is 0 Å². The first-order valence-corrected chi connectivity index (χ1v) is 10.1. The number of amides is 1. The van der Waals surface area contributed by atoms with Gasteiger partial charge in [0.15, 0.2) is 5.82 Å². The van der Waals surface area contributed by atoms with E-state index in [2.05, 4.69) is 25.4 Å². The summed E-state index contributed by atoms with van der Waals surface area (Å²) in [5.74, 6) is 1.04. The van der Waals surface area contributed by atoms with Crippen molar-refractivity contribution in [3.05, 3.63) is 35.9 Å². The Balaban J connectivity index is 1.28. The van der Waals surface area contributed by atoms with Crippen LogP contribution in [0.15, 0.2) is 24.4 Å². The second-order valence-corrected chi connectivity index (χ2v) is 7.31. The second kappa shape index (κ2) is 9.20. The molecular formula is C19H27N7O2. The molecule has 1 atom stereocenters. The van der Waals surface area contributed by atoms with Crippen LogP contribution in [0, 0.1) is 0 Å². The van der Waals surface area contributed by atoms with Gasteiger partial charge in [-0.1, -0.05) is 6.07 Å². The van der Waals surface area contributed by atoms with Gasteiger partial charge in [-0.25, -0.2) is 4.68 Å². The maximum atomic E-state index is 12.8. The van der Waals surface area contributed by atoms with Crippen LogP contribution in [-0.2, 0) is 22.6 Å². The summed E-state index contributed by atoms with van der Waals surface area (Å²) in [6.45, 7) is 5.49. The van der Waals surface area contributed by atoms with E-state index in [-0.39, 0.29) is 11.9 Å². The maximum Gasteiger partial charge on any atom is 0.223 e. The van der Waals surface area contributed by atoms with Gasteiger partial charge in [0, 0.05) is 38.8 Å². The Hall–Kier alpha value is -2.39. The SMILES string of the molecule is O=C(CCCn1nnnc1CN1CCOCC1)N1CCC[C@@H]1c1ccccn1. The highest BCUT2D eigenvalue weighted by Gasteiger charge is 2.30. The minimum atomic E-state index is 0.110. The van der Waals surface area contributed by atoms with Crippen molar-refractivity contribution in [2.75, 3.05) is 32.8 Å². The summed E-state index contributed by atoms with van der Waals surface area (Å²) in [6.07, 6.45) is 5.04. The van der Waals surface area contributed by atoms with Gasteiger partial charge in [-0.15, -0.1) is 5.10 Å². The Kier molecular flexibility index (Phi) is 6.23. The second-order valence-electron chi connectivity index (χ2n) is 7.31. The Morgan fingerprint density at radius 3 is 2.93 bits per heavy atom. The smallest absolute Gasteiger partial charge is 0.223 e. The Morgan fingerprint density at radius 1 is 1.21 bits per heavy atom. The molecule has 2 fully saturated rings. The lowest BCUT2D eigenvalue weighted by molar-refractivity contribution is -0.132. The highest BCUT2D eigenvalue weighted by molar-refractivity contribution is 5.76. The number of hydrogen-bond donors (Lipinski definition) is 0. The first kappa shape index (κ1) is 18.9. The van der Waals surface area contributed by atoms with Crippen molar-refractivity contribution in [3.8, 4) is 0 Å². The summed E-state index contributed by atoms with van der Waals surface area (Å²) in [5.41, 5.74) is 0.988. The van der Waals surface area contributed by atoms with Gasteiger partial charge in [-0.05, 0) is 41.8 Å². The molecule has 0 saturated carbocycles. The van der Waals surface area contributed by atoms with Crippen molar-refractivity contribution in [1.82, 2.24) is 35.0 Å². The average molecular weight is 385 g/mol. The third-order valence-electron chi connectivity index (χ3n) is 5.44. The molecule has 2 saturated heterocycles. The van der Waals surface area contributed by atoms with Gasteiger partial charge in [0.1, 0.15) is 0 Å². The number of pyridine rings is 1. The van der Waals surface area contributed by atoms with Crippen LogP contribution < -0.4 is 0 Å². The highest BCUT2D eigenvalue weighted by Crippen LogP contribution is 2.31. The quantitative estimate of drug-likeness (QED) is 0.704. The zero-order valence-corrected chi connectivity index (χ0v) is 16.1. The predicted molar refractivity (Wildman–Crippen MR) is 101 cm³/mol. The lowest BCUT2D eigenvalue weighted by Crippen LogP contribution is -2.36. The molecule has 0 aliphatic carbocycles. The van der Waals surface area contributed by atoms with Gasteiger partial charge in [0.05, 0.1) is 31.5 Å². The van der Waals surface area contributed by atoms with E-state index in [1.54, 1.807) is 6.20 Å². The third-order valence-corrected chi connectivity index (χ3v) is 5.44. The number of rotatable bonds is 7. The van der Waals surface area contributed by atoms with Crippen LogP contribution in [0.2, 0.25) is 0 Å². The molecular weight excluding hydrogens is 358 g/mol. The minimum Gasteiger partial charge on any atom is -0.379 e. The van der Waals surface area contributed by atoms with Gasteiger partial charge < -0.3 is 9.64 Å². The molecule has 4 rings (SSSR count). The number of likely N-dealkylation sites (tertiary alicyclic amines) is 1. The van der Waals surface area contributed by atoms with E-state index >= 15 is 0 Å². The summed E-state index contributed by atoms with van der Waals surface area (Å²) >= 11 is 0. The van der Waals surface area contributed by atoms with Crippen molar-refractivity contribution < 1.29 is 9.53 Å². The minimum absolute atomic E-state index is 0.110. The number of hydrogen-bond acceptors (Lipinski definition) is 7. The normalized spacial score (nSPS) is 20.6. The molecule has 0 radical (unpaired) electrons. The number of aromatic nitrogens is 5. The molecule has 9 nitrogen and oxygen atoms in total. The first-order valence-electron chi connectivity index (χ1n) is 10.1. The van der Waals surface area contributed by atoms with Crippen LogP contribution in [0.25, 0.3) is 0 Å². The molecule has 9 heteroatoms. The third kappa shape index (κ3) is 4.53. The van der Waals surface area contributed by atoms with E-state index in [9.17, 15) is 4.79 Å². The van der Waals surface area contributed by atoms with Crippen molar-refractivity contribution in [2.24, 2.45) is 0 Å². The summed E-state index contributed by atoms with van der Waals surface area (Å²) in [6, 6.07) is 6.01. The largest absolute Gasteiger partial charge is 0.379 e.